The number of nitrogens with two attached hydrogens (primary N) is 1. The predicted molar refractivity (Wildman–Crippen MR) is 169 cm³/mol. The molecule has 47 heavy (non-hydrogen) atoms. The SMILES string of the molecule is CC(NC(=O)[C@@H]1C[C@H](n2nncc2C(C)(C)O)CN1C(=O)/C(CC1CCCCC1)=N/C(=O)c1ccnc2ncccc12)C(=O)C(N)=O. The molecule has 2 aliphatic rings. The van der Waals surface area contributed by atoms with Gasteiger partial charge >= 0.3 is 0 Å². The van der Waals surface area contributed by atoms with E-state index in [0.29, 0.717) is 16.7 Å². The maximum Gasteiger partial charge on any atom is 0.287 e. The maximum absolute atomic E-state index is 14.5. The van der Waals surface area contributed by atoms with Crippen molar-refractivity contribution in [2.45, 2.75) is 89.4 Å². The minimum absolute atomic E-state index is 0.0109. The highest BCUT2D eigenvalue weighted by molar-refractivity contribution is 6.41. The van der Waals surface area contributed by atoms with Gasteiger partial charge in [0.05, 0.1) is 29.5 Å². The smallest absolute Gasteiger partial charge is 0.287 e. The Hall–Kier alpha value is -4.92. The highest BCUT2D eigenvalue weighted by atomic mass is 16.3. The fourth-order valence-corrected chi connectivity index (χ4v) is 6.37. The fraction of sp³-hybridized carbons (Fsp3) is 0.500. The van der Waals surface area contributed by atoms with Gasteiger partial charge < -0.3 is 21.1 Å². The molecule has 0 bridgehead atoms. The minimum atomic E-state index is -1.33. The van der Waals surface area contributed by atoms with Gasteiger partial charge in [0.15, 0.2) is 5.65 Å². The molecule has 3 aromatic heterocycles. The van der Waals surface area contributed by atoms with Crippen LogP contribution >= 0.6 is 0 Å². The second-order valence-electron chi connectivity index (χ2n) is 12.7. The number of likely N-dealkylation sites (tertiary alicyclic amines) is 1. The van der Waals surface area contributed by atoms with Crippen LogP contribution in [0.1, 0.15) is 87.8 Å². The van der Waals surface area contributed by atoms with E-state index < -0.39 is 53.1 Å². The van der Waals surface area contributed by atoms with E-state index >= 15 is 0 Å². The molecule has 1 aliphatic heterocycles. The normalized spacial score (nSPS) is 19.8. The van der Waals surface area contributed by atoms with E-state index in [1.807, 2.05) is 0 Å². The van der Waals surface area contributed by atoms with Gasteiger partial charge in [0.1, 0.15) is 17.4 Å². The van der Waals surface area contributed by atoms with Crippen LogP contribution in [0.15, 0.2) is 41.8 Å². The van der Waals surface area contributed by atoms with Crippen molar-refractivity contribution in [3.63, 3.8) is 0 Å². The van der Waals surface area contributed by atoms with Crippen molar-refractivity contribution in [1.82, 2.24) is 35.2 Å². The Balaban J connectivity index is 1.52. The van der Waals surface area contributed by atoms with Gasteiger partial charge in [0, 0.05) is 30.7 Å². The summed E-state index contributed by atoms with van der Waals surface area (Å²) >= 11 is 0. The number of carbonyl (C=O) groups excluding carboxylic acids is 5. The second-order valence-corrected chi connectivity index (χ2v) is 12.7. The van der Waals surface area contributed by atoms with E-state index in [1.165, 1.54) is 35.0 Å². The molecule has 5 rings (SSSR count). The minimum Gasteiger partial charge on any atom is -0.384 e. The number of Topliss-reactive ketones (excluding diaryl/α,β-unsaturated/α-hetero) is 1. The number of aliphatic imine (C=N–C) groups is 1. The molecule has 3 aromatic rings. The molecule has 0 aromatic carbocycles. The zero-order valence-electron chi connectivity index (χ0n) is 26.6. The summed E-state index contributed by atoms with van der Waals surface area (Å²) in [7, 11) is 0. The van der Waals surface area contributed by atoms with Gasteiger partial charge in [-0.15, -0.1) is 5.10 Å². The van der Waals surface area contributed by atoms with E-state index in [4.69, 9.17) is 5.73 Å². The summed E-state index contributed by atoms with van der Waals surface area (Å²) in [6, 6.07) is 1.96. The Morgan fingerprint density at radius 3 is 2.53 bits per heavy atom. The molecule has 248 valence electrons. The van der Waals surface area contributed by atoms with Crippen LogP contribution in [0.5, 0.6) is 0 Å². The molecular weight excluding hydrogens is 606 g/mol. The zero-order valence-corrected chi connectivity index (χ0v) is 26.6. The first kappa shape index (κ1) is 33.4. The van der Waals surface area contributed by atoms with E-state index in [9.17, 15) is 29.1 Å². The van der Waals surface area contributed by atoms with Crippen LogP contribution in [0.25, 0.3) is 11.0 Å². The van der Waals surface area contributed by atoms with Crippen molar-refractivity contribution in [2.24, 2.45) is 16.6 Å². The third kappa shape index (κ3) is 7.40. The van der Waals surface area contributed by atoms with Crippen molar-refractivity contribution < 1.29 is 29.1 Å². The number of rotatable bonds is 10. The molecule has 4 N–H and O–H groups in total. The lowest BCUT2D eigenvalue weighted by molar-refractivity contribution is -0.139. The van der Waals surface area contributed by atoms with Gasteiger partial charge in [0.25, 0.3) is 17.7 Å². The van der Waals surface area contributed by atoms with E-state index in [-0.39, 0.29) is 36.6 Å². The number of hydrogen-bond acceptors (Lipinski definition) is 10. The highest BCUT2D eigenvalue weighted by Gasteiger charge is 2.44. The number of aromatic nitrogens is 5. The number of pyridine rings is 2. The Bertz CT molecular complexity index is 1720. The number of hydrogen-bond donors (Lipinski definition) is 3. The standard InChI is InChI=1S/C32H39N9O6/c1-18(26(42)27(33)43)37-30(45)24-15-20(41-25(16-36-39-41)32(2,3)47)17-40(24)31(46)23(14-19-8-5-4-6-9-19)38-29(44)22-11-13-35-28-21(22)10-7-12-34-28/h7,10-13,16,18-20,24,47H,4-6,8-9,14-15,17H2,1-3H3,(H2,33,43)(H,37,45)/b38-23+/t18?,20-,24-/m0/s1. The summed E-state index contributed by atoms with van der Waals surface area (Å²) < 4.78 is 1.48. The number of amides is 4. The van der Waals surface area contributed by atoms with Crippen LogP contribution in [-0.4, -0.2) is 88.7 Å². The average Bonchev–Trinajstić information content (AvgIpc) is 3.72. The Labute approximate surface area is 271 Å². The number of ketones is 1. The number of fused-ring (bicyclic) bond motifs is 1. The first-order valence-electron chi connectivity index (χ1n) is 15.7. The zero-order chi connectivity index (χ0) is 33.9. The molecule has 1 unspecified atom stereocenters. The summed E-state index contributed by atoms with van der Waals surface area (Å²) in [6.45, 7) is 4.44. The van der Waals surface area contributed by atoms with E-state index in [2.05, 4.69) is 30.6 Å². The molecule has 1 saturated carbocycles. The van der Waals surface area contributed by atoms with E-state index in [1.54, 1.807) is 32.2 Å². The van der Waals surface area contributed by atoms with Gasteiger partial charge in [-0.3, -0.25) is 24.0 Å². The average molecular weight is 646 g/mol. The van der Waals surface area contributed by atoms with Crippen molar-refractivity contribution in [2.75, 3.05) is 6.54 Å². The first-order chi connectivity index (χ1) is 22.3. The van der Waals surface area contributed by atoms with Crippen molar-refractivity contribution >= 4 is 46.2 Å². The van der Waals surface area contributed by atoms with Gasteiger partial charge in [-0.25, -0.2) is 19.6 Å². The number of nitrogens with zero attached hydrogens (tertiary/aromatic N) is 7. The summed E-state index contributed by atoms with van der Waals surface area (Å²) in [6.07, 6.45) is 9.54. The molecule has 15 nitrogen and oxygen atoms in total. The summed E-state index contributed by atoms with van der Waals surface area (Å²) in [5, 5.41) is 21.8. The number of carbonyl (C=O) groups is 5. The Kier molecular flexibility index (Phi) is 9.84. The van der Waals surface area contributed by atoms with Crippen LogP contribution in [0.3, 0.4) is 0 Å². The number of aliphatic hydroxyl groups is 1. The molecule has 2 fully saturated rings. The molecule has 4 amide bonds. The molecule has 1 saturated heterocycles. The first-order valence-corrected chi connectivity index (χ1v) is 15.7. The van der Waals surface area contributed by atoms with Crippen LogP contribution < -0.4 is 11.1 Å². The van der Waals surface area contributed by atoms with Crippen LogP contribution in [-0.2, 0) is 24.8 Å². The lowest BCUT2D eigenvalue weighted by Gasteiger charge is -2.27. The summed E-state index contributed by atoms with van der Waals surface area (Å²) in [5.74, 6) is -4.01. The second kappa shape index (κ2) is 13.8. The topological polar surface area (TPSA) is 216 Å². The molecule has 3 atom stereocenters. The lowest BCUT2D eigenvalue weighted by Crippen LogP contribution is -2.52. The summed E-state index contributed by atoms with van der Waals surface area (Å²) in [5.41, 5.74) is 4.80. The van der Waals surface area contributed by atoms with Crippen LogP contribution in [0, 0.1) is 5.92 Å². The monoisotopic (exact) mass is 645 g/mol. The van der Waals surface area contributed by atoms with Crippen molar-refractivity contribution in [1.29, 1.82) is 0 Å². The quantitative estimate of drug-likeness (QED) is 0.213. The molecule has 1 aliphatic carbocycles. The van der Waals surface area contributed by atoms with Gasteiger partial charge in [-0.05, 0) is 51.3 Å². The van der Waals surface area contributed by atoms with Crippen LogP contribution in [0.2, 0.25) is 0 Å². The third-order valence-electron chi connectivity index (χ3n) is 8.82. The molecular formula is C32H39N9O6. The van der Waals surface area contributed by atoms with Crippen molar-refractivity contribution in [3.05, 3.63) is 48.0 Å². The number of nitrogens with one attached hydrogen (secondary N) is 1. The molecule has 0 spiro atoms. The largest absolute Gasteiger partial charge is 0.384 e. The number of primary amides is 1. The van der Waals surface area contributed by atoms with E-state index in [0.717, 1.165) is 32.1 Å². The maximum atomic E-state index is 14.5. The van der Waals surface area contributed by atoms with Gasteiger partial charge in [-0.1, -0.05) is 37.3 Å². The summed E-state index contributed by atoms with van der Waals surface area (Å²) in [4.78, 5) is 79.7. The predicted octanol–water partition coefficient (Wildman–Crippen LogP) is 1.40. The van der Waals surface area contributed by atoms with Crippen molar-refractivity contribution in [3.8, 4) is 0 Å². The Morgan fingerprint density at radius 2 is 1.83 bits per heavy atom. The molecule has 0 radical (unpaired) electrons. The van der Waals surface area contributed by atoms with Gasteiger partial charge in [0.2, 0.25) is 11.7 Å². The Morgan fingerprint density at radius 1 is 1.11 bits per heavy atom. The fourth-order valence-electron chi connectivity index (χ4n) is 6.37. The third-order valence-corrected chi connectivity index (χ3v) is 8.82. The molecule has 4 heterocycles. The highest BCUT2D eigenvalue weighted by Crippen LogP contribution is 2.33. The molecule has 15 heteroatoms. The van der Waals surface area contributed by atoms with Crippen LogP contribution in [0.4, 0.5) is 0 Å². The van der Waals surface area contributed by atoms with Gasteiger partial charge in [-0.2, -0.15) is 0 Å². The lowest BCUT2D eigenvalue weighted by atomic mass is 9.85.